The van der Waals surface area contributed by atoms with Gasteiger partial charge in [-0.25, -0.2) is 4.39 Å². The van der Waals surface area contributed by atoms with E-state index in [0.717, 1.165) is 23.9 Å². The molecule has 1 amide bonds. The van der Waals surface area contributed by atoms with Crippen molar-refractivity contribution in [1.29, 1.82) is 0 Å². The third-order valence-electron chi connectivity index (χ3n) is 3.50. The molecule has 0 saturated heterocycles. The lowest BCUT2D eigenvalue weighted by Crippen LogP contribution is -2.22. The van der Waals surface area contributed by atoms with Crippen LogP contribution in [0, 0.1) is 15.9 Å². The first-order valence-electron chi connectivity index (χ1n) is 8.04. The molecule has 144 valence electrons. The maximum atomic E-state index is 13.4. The molecule has 0 aliphatic rings. The number of nitrogens with zero attached hydrogens (tertiary/aromatic N) is 2. The van der Waals surface area contributed by atoms with Crippen molar-refractivity contribution in [3.63, 3.8) is 0 Å². The van der Waals surface area contributed by atoms with Gasteiger partial charge < -0.3 is 14.7 Å². The van der Waals surface area contributed by atoms with E-state index in [9.17, 15) is 19.3 Å². The van der Waals surface area contributed by atoms with Crippen LogP contribution in [0.3, 0.4) is 0 Å². The van der Waals surface area contributed by atoms with Crippen molar-refractivity contribution in [3.8, 4) is 5.75 Å². The SMILES string of the molecule is CN(C)C(=O)c1cc(OCCCO)ccc1Sc1ccc(F)cc1[N+](=O)[O-]. The van der Waals surface area contributed by atoms with Crippen molar-refractivity contribution < 1.29 is 24.0 Å². The van der Waals surface area contributed by atoms with Crippen LogP contribution >= 0.6 is 11.8 Å². The molecule has 9 heteroatoms. The first-order chi connectivity index (χ1) is 12.8. The lowest BCUT2D eigenvalue weighted by Gasteiger charge is -2.15. The zero-order chi connectivity index (χ0) is 20.0. The molecule has 1 N–H and O–H groups in total. The number of amides is 1. The summed E-state index contributed by atoms with van der Waals surface area (Å²) in [6, 6.07) is 8.12. The second-order valence-corrected chi connectivity index (χ2v) is 6.84. The van der Waals surface area contributed by atoms with Gasteiger partial charge in [-0.1, -0.05) is 11.8 Å². The van der Waals surface area contributed by atoms with Crippen LogP contribution < -0.4 is 4.74 Å². The Kier molecular flexibility index (Phi) is 7.14. The number of nitro benzene ring substituents is 1. The number of halogens is 1. The minimum Gasteiger partial charge on any atom is -0.493 e. The van der Waals surface area contributed by atoms with E-state index < -0.39 is 10.7 Å². The van der Waals surface area contributed by atoms with Gasteiger partial charge in [0.25, 0.3) is 11.6 Å². The average molecular weight is 394 g/mol. The summed E-state index contributed by atoms with van der Waals surface area (Å²) in [6.45, 7) is 0.285. The highest BCUT2D eigenvalue weighted by Crippen LogP contribution is 2.38. The van der Waals surface area contributed by atoms with E-state index in [-0.39, 0.29) is 23.1 Å². The molecule has 2 aromatic carbocycles. The van der Waals surface area contributed by atoms with Crippen molar-refractivity contribution in [3.05, 3.63) is 57.9 Å². The minimum absolute atomic E-state index is 0.00828. The summed E-state index contributed by atoms with van der Waals surface area (Å²) >= 11 is 1.01. The number of benzene rings is 2. The highest BCUT2D eigenvalue weighted by molar-refractivity contribution is 7.99. The van der Waals surface area contributed by atoms with Gasteiger partial charge in [-0.15, -0.1) is 0 Å². The van der Waals surface area contributed by atoms with Crippen molar-refractivity contribution in [2.45, 2.75) is 16.2 Å². The van der Waals surface area contributed by atoms with Crippen molar-refractivity contribution in [2.75, 3.05) is 27.3 Å². The van der Waals surface area contributed by atoms with Crippen LogP contribution in [-0.4, -0.2) is 48.1 Å². The van der Waals surface area contributed by atoms with E-state index in [1.165, 1.54) is 11.0 Å². The number of carbonyl (C=O) groups is 1. The van der Waals surface area contributed by atoms with E-state index in [0.29, 0.717) is 29.2 Å². The Bertz CT molecular complexity index is 844. The van der Waals surface area contributed by atoms with Gasteiger partial charge in [0.1, 0.15) is 11.6 Å². The second kappa shape index (κ2) is 9.33. The van der Waals surface area contributed by atoms with Gasteiger partial charge in [0.15, 0.2) is 0 Å². The molecule has 2 rings (SSSR count). The van der Waals surface area contributed by atoms with Crippen LogP contribution in [0.4, 0.5) is 10.1 Å². The molecule has 0 aliphatic carbocycles. The van der Waals surface area contributed by atoms with Gasteiger partial charge in [-0.05, 0) is 30.3 Å². The number of hydrogen-bond acceptors (Lipinski definition) is 6. The van der Waals surface area contributed by atoms with Gasteiger partial charge >= 0.3 is 0 Å². The normalized spacial score (nSPS) is 10.5. The summed E-state index contributed by atoms with van der Waals surface area (Å²) in [5.74, 6) is -0.551. The standard InChI is InChI=1S/C18H19FN2O5S/c1-20(2)18(23)14-11-13(26-9-3-8-22)5-7-16(14)27-17-6-4-12(19)10-15(17)21(24)25/h4-7,10-11,22H,3,8-9H2,1-2H3. The molecule has 0 aromatic heterocycles. The molecule has 2 aromatic rings. The lowest BCUT2D eigenvalue weighted by molar-refractivity contribution is -0.387. The summed E-state index contributed by atoms with van der Waals surface area (Å²) < 4.78 is 18.9. The quantitative estimate of drug-likeness (QED) is 0.419. The van der Waals surface area contributed by atoms with E-state index >= 15 is 0 Å². The number of rotatable bonds is 8. The maximum absolute atomic E-state index is 13.4. The molecular formula is C18H19FN2O5S. The molecule has 0 aliphatic heterocycles. The average Bonchev–Trinajstić information content (AvgIpc) is 2.63. The monoisotopic (exact) mass is 394 g/mol. The molecule has 0 saturated carbocycles. The third-order valence-corrected chi connectivity index (χ3v) is 4.64. The van der Waals surface area contributed by atoms with Crippen molar-refractivity contribution in [1.82, 2.24) is 4.90 Å². The Morgan fingerprint density at radius 1 is 1.26 bits per heavy atom. The fraction of sp³-hybridized carbons (Fsp3) is 0.278. The smallest absolute Gasteiger partial charge is 0.286 e. The summed E-state index contributed by atoms with van der Waals surface area (Å²) in [7, 11) is 3.19. The Hall–Kier alpha value is -2.65. The molecule has 0 spiro atoms. The first-order valence-corrected chi connectivity index (χ1v) is 8.86. The molecule has 0 bridgehead atoms. The Morgan fingerprint density at radius 3 is 2.59 bits per heavy atom. The summed E-state index contributed by atoms with van der Waals surface area (Å²) in [5, 5.41) is 20.0. The number of ether oxygens (including phenoxy) is 1. The molecule has 27 heavy (non-hydrogen) atoms. The zero-order valence-corrected chi connectivity index (χ0v) is 15.7. The molecule has 0 heterocycles. The van der Waals surface area contributed by atoms with Crippen LogP contribution in [0.2, 0.25) is 0 Å². The van der Waals surface area contributed by atoms with Crippen LogP contribution in [0.15, 0.2) is 46.2 Å². The summed E-state index contributed by atoms with van der Waals surface area (Å²) in [4.78, 5) is 25.2. The van der Waals surface area contributed by atoms with E-state index in [1.807, 2.05) is 0 Å². The topological polar surface area (TPSA) is 92.9 Å². The molecule has 0 unspecified atom stereocenters. The number of aliphatic hydroxyl groups is 1. The first kappa shape index (κ1) is 20.7. The predicted molar refractivity (Wildman–Crippen MR) is 98.8 cm³/mol. The summed E-state index contributed by atoms with van der Waals surface area (Å²) in [5.41, 5.74) is -0.0587. The van der Waals surface area contributed by atoms with Crippen LogP contribution in [-0.2, 0) is 0 Å². The lowest BCUT2D eigenvalue weighted by atomic mass is 10.2. The van der Waals surface area contributed by atoms with E-state index in [1.54, 1.807) is 32.3 Å². The molecule has 0 radical (unpaired) electrons. The van der Waals surface area contributed by atoms with Crippen molar-refractivity contribution in [2.24, 2.45) is 0 Å². The van der Waals surface area contributed by atoms with E-state index in [2.05, 4.69) is 0 Å². The van der Waals surface area contributed by atoms with Crippen LogP contribution in [0.25, 0.3) is 0 Å². The number of hydrogen-bond donors (Lipinski definition) is 1. The minimum atomic E-state index is -0.705. The van der Waals surface area contributed by atoms with Gasteiger partial charge in [-0.3, -0.25) is 14.9 Å². The Balaban J connectivity index is 2.41. The van der Waals surface area contributed by atoms with Crippen LogP contribution in [0.5, 0.6) is 5.75 Å². The molecule has 0 fully saturated rings. The van der Waals surface area contributed by atoms with Gasteiger partial charge in [0.05, 0.1) is 28.1 Å². The highest BCUT2D eigenvalue weighted by atomic mass is 32.2. The number of carbonyl (C=O) groups excluding carboxylic acids is 1. The number of nitro groups is 1. The predicted octanol–water partition coefficient (Wildman–Crippen LogP) is 3.35. The number of aliphatic hydroxyl groups excluding tert-OH is 1. The summed E-state index contributed by atoms with van der Waals surface area (Å²) in [6.07, 6.45) is 0.454. The van der Waals surface area contributed by atoms with Crippen molar-refractivity contribution >= 4 is 23.4 Å². The molecule has 7 nitrogen and oxygen atoms in total. The van der Waals surface area contributed by atoms with Gasteiger partial charge in [0, 0.05) is 32.0 Å². The Labute approximate surface area is 159 Å². The van der Waals surface area contributed by atoms with Gasteiger partial charge in [-0.2, -0.15) is 0 Å². The fourth-order valence-electron chi connectivity index (χ4n) is 2.19. The van der Waals surface area contributed by atoms with Crippen LogP contribution in [0.1, 0.15) is 16.8 Å². The zero-order valence-electron chi connectivity index (χ0n) is 14.8. The molecule has 0 atom stereocenters. The second-order valence-electron chi connectivity index (χ2n) is 5.75. The molecular weight excluding hydrogens is 375 g/mol. The largest absolute Gasteiger partial charge is 0.493 e. The third kappa shape index (κ3) is 5.41. The van der Waals surface area contributed by atoms with Gasteiger partial charge in [0.2, 0.25) is 0 Å². The highest BCUT2D eigenvalue weighted by Gasteiger charge is 2.20. The van der Waals surface area contributed by atoms with E-state index in [4.69, 9.17) is 9.84 Å². The fourth-order valence-corrected chi connectivity index (χ4v) is 3.19. The maximum Gasteiger partial charge on any atom is 0.286 e. The Morgan fingerprint density at radius 2 is 1.96 bits per heavy atom.